The van der Waals surface area contributed by atoms with Crippen LogP contribution in [0.25, 0.3) is 10.2 Å². The number of fused-ring (bicyclic) bond motifs is 1. The molecule has 0 bridgehead atoms. The predicted octanol–water partition coefficient (Wildman–Crippen LogP) is 4.43. The zero-order chi connectivity index (χ0) is 18.6. The van der Waals surface area contributed by atoms with E-state index in [1.807, 2.05) is 36.4 Å². The van der Waals surface area contributed by atoms with E-state index in [1.165, 1.54) is 5.56 Å². The van der Waals surface area contributed by atoms with E-state index in [2.05, 4.69) is 22.0 Å². The summed E-state index contributed by atoms with van der Waals surface area (Å²) in [4.78, 5) is 17.9. The van der Waals surface area contributed by atoms with Crippen LogP contribution >= 0.6 is 11.3 Å². The van der Waals surface area contributed by atoms with Gasteiger partial charge in [0.25, 0.3) is 5.19 Å². The average Bonchev–Trinajstić information content (AvgIpc) is 3.10. The number of carboxylic acids is 1. The number of likely N-dealkylation sites (tertiary alicyclic amines) is 1. The van der Waals surface area contributed by atoms with Gasteiger partial charge in [-0.3, -0.25) is 4.79 Å². The third-order valence-electron chi connectivity index (χ3n) is 5.06. The van der Waals surface area contributed by atoms with Crippen molar-refractivity contribution in [1.82, 2.24) is 9.88 Å². The van der Waals surface area contributed by atoms with Crippen molar-refractivity contribution in [1.29, 1.82) is 0 Å². The molecule has 1 saturated heterocycles. The Morgan fingerprint density at radius 3 is 2.59 bits per heavy atom. The van der Waals surface area contributed by atoms with Gasteiger partial charge in [-0.15, -0.1) is 0 Å². The normalized spacial score (nSPS) is 15.9. The highest BCUT2D eigenvalue weighted by Gasteiger charge is 2.23. The van der Waals surface area contributed by atoms with Gasteiger partial charge in [-0.05, 0) is 62.2 Å². The second-order valence-electron chi connectivity index (χ2n) is 6.90. The van der Waals surface area contributed by atoms with Gasteiger partial charge in [0.1, 0.15) is 5.75 Å². The number of ether oxygens (including phenoxy) is 1. The molecule has 0 amide bonds. The zero-order valence-electron chi connectivity index (χ0n) is 15.0. The summed E-state index contributed by atoms with van der Waals surface area (Å²) in [6.07, 6.45) is 2.47. The summed E-state index contributed by atoms with van der Waals surface area (Å²) in [6, 6.07) is 16.2. The van der Waals surface area contributed by atoms with Crippen molar-refractivity contribution in [3.8, 4) is 10.9 Å². The molecule has 6 heteroatoms. The number of piperidine rings is 1. The van der Waals surface area contributed by atoms with Crippen molar-refractivity contribution in [2.75, 3.05) is 19.6 Å². The molecule has 1 N–H and O–H groups in total. The second-order valence-corrected chi connectivity index (χ2v) is 7.89. The highest BCUT2D eigenvalue weighted by Crippen LogP contribution is 2.31. The van der Waals surface area contributed by atoms with Gasteiger partial charge in [0.15, 0.2) is 0 Å². The summed E-state index contributed by atoms with van der Waals surface area (Å²) in [6.45, 7) is 2.70. The van der Waals surface area contributed by atoms with Crippen molar-refractivity contribution in [2.24, 2.45) is 5.92 Å². The van der Waals surface area contributed by atoms with Gasteiger partial charge in [-0.2, -0.15) is 0 Å². The fourth-order valence-corrected chi connectivity index (χ4v) is 4.25. The van der Waals surface area contributed by atoms with Crippen molar-refractivity contribution in [3.63, 3.8) is 0 Å². The maximum Gasteiger partial charge on any atom is 0.306 e. The number of carbonyl (C=O) groups is 1. The van der Waals surface area contributed by atoms with Crippen LogP contribution in [0, 0.1) is 5.92 Å². The summed E-state index contributed by atoms with van der Waals surface area (Å²) in [7, 11) is 0. The molecule has 3 aromatic rings. The fraction of sp³-hybridized carbons (Fsp3) is 0.333. The lowest BCUT2D eigenvalue weighted by molar-refractivity contribution is -0.143. The quantitative estimate of drug-likeness (QED) is 0.683. The summed E-state index contributed by atoms with van der Waals surface area (Å²) in [5.74, 6) is -0.0290. The molecule has 0 aliphatic carbocycles. The van der Waals surface area contributed by atoms with Crippen LogP contribution in [0.4, 0.5) is 0 Å². The minimum Gasteiger partial charge on any atom is -0.481 e. The molecule has 0 saturated carbocycles. The Balaban J connectivity index is 1.29. The summed E-state index contributed by atoms with van der Waals surface area (Å²) >= 11 is 1.55. The molecule has 0 atom stereocenters. The highest BCUT2D eigenvalue weighted by atomic mass is 32.1. The summed E-state index contributed by atoms with van der Waals surface area (Å²) in [5.41, 5.74) is 2.22. The number of thiazole rings is 1. The van der Waals surface area contributed by atoms with E-state index in [4.69, 9.17) is 9.84 Å². The van der Waals surface area contributed by atoms with Crippen molar-refractivity contribution in [2.45, 2.75) is 19.3 Å². The van der Waals surface area contributed by atoms with Gasteiger partial charge in [0.05, 0.1) is 16.1 Å². The molecule has 1 aliphatic rings. The first-order chi connectivity index (χ1) is 13.2. The van der Waals surface area contributed by atoms with E-state index in [0.29, 0.717) is 5.19 Å². The standard InChI is InChI=1S/C21H22N2O3S/c24-20(25)16-10-13-23(14-11-16)12-9-15-5-7-17(8-6-15)26-21-22-18-3-1-2-4-19(18)27-21/h1-8,16H,9-14H2,(H,24,25). The first-order valence-electron chi connectivity index (χ1n) is 9.25. The third kappa shape index (κ3) is 4.46. The molecule has 4 rings (SSSR count). The Bertz CT molecular complexity index is 882. The molecular weight excluding hydrogens is 360 g/mol. The number of hydrogen-bond donors (Lipinski definition) is 1. The van der Waals surface area contributed by atoms with Crippen molar-refractivity contribution < 1.29 is 14.6 Å². The van der Waals surface area contributed by atoms with E-state index >= 15 is 0 Å². The van der Waals surface area contributed by atoms with E-state index in [-0.39, 0.29) is 5.92 Å². The number of aliphatic carboxylic acids is 1. The molecule has 5 nitrogen and oxygen atoms in total. The van der Waals surface area contributed by atoms with Crippen LogP contribution in [0.2, 0.25) is 0 Å². The molecule has 0 unspecified atom stereocenters. The van der Waals surface area contributed by atoms with Crippen LogP contribution in [0.15, 0.2) is 48.5 Å². The Kier molecular flexibility index (Phi) is 5.36. The monoisotopic (exact) mass is 382 g/mol. The van der Waals surface area contributed by atoms with Gasteiger partial charge in [-0.25, -0.2) is 4.98 Å². The van der Waals surface area contributed by atoms with E-state index in [1.54, 1.807) is 11.3 Å². The molecule has 1 fully saturated rings. The Morgan fingerprint density at radius 1 is 1.15 bits per heavy atom. The average molecular weight is 382 g/mol. The molecule has 0 spiro atoms. The lowest BCUT2D eigenvalue weighted by Gasteiger charge is -2.29. The van der Waals surface area contributed by atoms with Crippen LogP contribution in [-0.4, -0.2) is 40.6 Å². The van der Waals surface area contributed by atoms with Gasteiger partial charge >= 0.3 is 5.97 Å². The first-order valence-corrected chi connectivity index (χ1v) is 10.1. The first kappa shape index (κ1) is 17.9. The van der Waals surface area contributed by atoms with Crippen LogP contribution in [0.5, 0.6) is 10.9 Å². The number of rotatable bonds is 6. The molecule has 2 heterocycles. The van der Waals surface area contributed by atoms with E-state index < -0.39 is 5.97 Å². The van der Waals surface area contributed by atoms with Gasteiger partial charge in [0, 0.05) is 6.54 Å². The molecule has 1 aliphatic heterocycles. The number of carboxylic acid groups (broad SMARTS) is 1. The van der Waals surface area contributed by atoms with Gasteiger partial charge in [-0.1, -0.05) is 35.6 Å². The van der Waals surface area contributed by atoms with Gasteiger partial charge in [0.2, 0.25) is 0 Å². The fourth-order valence-electron chi connectivity index (χ4n) is 3.41. The maximum atomic E-state index is 11.0. The molecular formula is C21H22N2O3S. The lowest BCUT2D eigenvalue weighted by atomic mass is 9.97. The summed E-state index contributed by atoms with van der Waals surface area (Å²) in [5, 5.41) is 9.73. The zero-order valence-corrected chi connectivity index (χ0v) is 15.8. The Morgan fingerprint density at radius 2 is 1.89 bits per heavy atom. The molecule has 140 valence electrons. The summed E-state index contributed by atoms with van der Waals surface area (Å²) < 4.78 is 7.01. The highest BCUT2D eigenvalue weighted by molar-refractivity contribution is 7.20. The second kappa shape index (κ2) is 8.06. The van der Waals surface area contributed by atoms with E-state index in [0.717, 1.165) is 54.9 Å². The van der Waals surface area contributed by atoms with Gasteiger partial charge < -0.3 is 14.7 Å². The van der Waals surface area contributed by atoms with Crippen LogP contribution in [-0.2, 0) is 11.2 Å². The van der Waals surface area contributed by atoms with Crippen molar-refractivity contribution >= 4 is 27.5 Å². The molecule has 1 aromatic heterocycles. The Labute approximate surface area is 162 Å². The SMILES string of the molecule is O=C(O)C1CCN(CCc2ccc(Oc3nc4ccccc4s3)cc2)CC1. The number of para-hydroxylation sites is 1. The number of aromatic nitrogens is 1. The van der Waals surface area contributed by atoms with Crippen LogP contribution in [0.1, 0.15) is 18.4 Å². The van der Waals surface area contributed by atoms with E-state index in [9.17, 15) is 4.79 Å². The number of hydrogen-bond acceptors (Lipinski definition) is 5. The van der Waals surface area contributed by atoms with Crippen molar-refractivity contribution in [3.05, 3.63) is 54.1 Å². The minimum absolute atomic E-state index is 0.166. The third-order valence-corrected chi connectivity index (χ3v) is 5.97. The Hall–Kier alpha value is -2.44. The van der Waals surface area contributed by atoms with Crippen LogP contribution in [0.3, 0.4) is 0 Å². The van der Waals surface area contributed by atoms with Crippen LogP contribution < -0.4 is 4.74 Å². The molecule has 0 radical (unpaired) electrons. The lowest BCUT2D eigenvalue weighted by Crippen LogP contribution is -2.37. The largest absolute Gasteiger partial charge is 0.481 e. The number of benzene rings is 2. The number of nitrogens with zero attached hydrogens (tertiary/aromatic N) is 2. The predicted molar refractivity (Wildman–Crippen MR) is 107 cm³/mol. The smallest absolute Gasteiger partial charge is 0.306 e. The minimum atomic E-state index is -0.654. The molecule has 27 heavy (non-hydrogen) atoms. The maximum absolute atomic E-state index is 11.0. The topological polar surface area (TPSA) is 62.7 Å². The molecule has 2 aromatic carbocycles.